The van der Waals surface area contributed by atoms with Gasteiger partial charge in [-0.25, -0.2) is 0 Å². The Labute approximate surface area is 131 Å². The Bertz CT molecular complexity index is 541. The molecular weight excluding hydrogens is 278 g/mol. The Morgan fingerprint density at radius 1 is 1.09 bits per heavy atom. The molecule has 0 radical (unpaired) electrons. The quantitative estimate of drug-likeness (QED) is 0.872. The molecule has 22 heavy (non-hydrogen) atoms. The third-order valence-electron chi connectivity index (χ3n) is 5.15. The maximum absolute atomic E-state index is 12.9. The molecule has 3 heterocycles. The van der Waals surface area contributed by atoms with Crippen molar-refractivity contribution in [1.82, 2.24) is 5.32 Å². The van der Waals surface area contributed by atoms with Crippen molar-refractivity contribution in [3.05, 3.63) is 35.4 Å². The van der Waals surface area contributed by atoms with E-state index in [9.17, 15) is 4.79 Å². The molecule has 0 aliphatic carbocycles. The molecule has 4 nitrogen and oxygen atoms in total. The molecule has 118 valence electrons. The molecule has 0 spiro atoms. The van der Waals surface area contributed by atoms with Crippen LogP contribution in [0.2, 0.25) is 0 Å². The molecule has 3 aliphatic heterocycles. The van der Waals surface area contributed by atoms with Gasteiger partial charge in [-0.3, -0.25) is 4.79 Å². The summed E-state index contributed by atoms with van der Waals surface area (Å²) < 4.78 is 11.1. The molecule has 4 rings (SSSR count). The highest BCUT2D eigenvalue weighted by Crippen LogP contribution is 2.32. The maximum atomic E-state index is 12.9. The Morgan fingerprint density at radius 2 is 1.82 bits per heavy atom. The van der Waals surface area contributed by atoms with Crippen LogP contribution in [0, 0.1) is 5.92 Å². The van der Waals surface area contributed by atoms with E-state index in [2.05, 4.69) is 5.32 Å². The molecule has 2 atom stereocenters. The van der Waals surface area contributed by atoms with Gasteiger partial charge in [-0.2, -0.15) is 0 Å². The molecule has 3 aliphatic rings. The number of Topliss-reactive ketones (excluding diaryl/α,β-unsaturated/α-hetero) is 1. The van der Waals surface area contributed by atoms with Gasteiger partial charge >= 0.3 is 0 Å². The molecule has 0 aromatic heterocycles. The van der Waals surface area contributed by atoms with Crippen molar-refractivity contribution in [3.8, 4) is 0 Å². The zero-order valence-corrected chi connectivity index (χ0v) is 12.8. The monoisotopic (exact) mass is 301 g/mol. The fraction of sp³-hybridized carbons (Fsp3) is 0.611. The van der Waals surface area contributed by atoms with Crippen molar-refractivity contribution in [1.29, 1.82) is 0 Å². The van der Waals surface area contributed by atoms with Gasteiger partial charge in [-0.1, -0.05) is 24.6 Å². The molecule has 3 saturated heterocycles. The number of nitrogens with one attached hydrogen (secondary N) is 1. The van der Waals surface area contributed by atoms with Gasteiger partial charge in [0, 0.05) is 29.1 Å². The van der Waals surface area contributed by atoms with Gasteiger partial charge < -0.3 is 14.8 Å². The van der Waals surface area contributed by atoms with Crippen molar-refractivity contribution in [2.45, 2.75) is 50.5 Å². The first-order valence-electron chi connectivity index (χ1n) is 8.43. The third kappa shape index (κ3) is 2.83. The summed E-state index contributed by atoms with van der Waals surface area (Å²) in [6.07, 6.45) is 5.38. The Balaban J connectivity index is 1.51. The summed E-state index contributed by atoms with van der Waals surface area (Å²) in [5.41, 5.74) is 1.76. The van der Waals surface area contributed by atoms with Crippen LogP contribution < -0.4 is 5.32 Å². The number of ether oxygens (including phenoxy) is 2. The lowest BCUT2D eigenvalue weighted by atomic mass is 9.77. The molecule has 2 unspecified atom stereocenters. The summed E-state index contributed by atoms with van der Waals surface area (Å²) in [5.74, 6) is 0.454. The number of benzene rings is 1. The predicted octanol–water partition coefficient (Wildman–Crippen LogP) is 2.84. The number of rotatable bonds is 3. The van der Waals surface area contributed by atoms with Crippen LogP contribution in [0.3, 0.4) is 0 Å². The number of fused-ring (bicyclic) bond motifs is 2. The van der Waals surface area contributed by atoms with E-state index in [0.29, 0.717) is 31.1 Å². The summed E-state index contributed by atoms with van der Waals surface area (Å²) in [6.45, 7) is 1.25. The Morgan fingerprint density at radius 3 is 2.55 bits per heavy atom. The lowest BCUT2D eigenvalue weighted by Gasteiger charge is -2.39. The molecule has 2 bridgehead atoms. The van der Waals surface area contributed by atoms with E-state index in [1.807, 2.05) is 24.3 Å². The molecular formula is C18H23NO3. The highest BCUT2D eigenvalue weighted by atomic mass is 16.7. The zero-order chi connectivity index (χ0) is 14.9. The zero-order valence-electron chi connectivity index (χ0n) is 12.8. The first-order valence-corrected chi connectivity index (χ1v) is 8.43. The van der Waals surface area contributed by atoms with Crippen molar-refractivity contribution < 1.29 is 14.3 Å². The summed E-state index contributed by atoms with van der Waals surface area (Å²) in [5, 5.41) is 3.65. The summed E-state index contributed by atoms with van der Waals surface area (Å²) in [6, 6.07) is 8.87. The third-order valence-corrected chi connectivity index (χ3v) is 5.15. The van der Waals surface area contributed by atoms with Crippen LogP contribution in [0.1, 0.15) is 54.3 Å². The highest BCUT2D eigenvalue weighted by molar-refractivity contribution is 5.98. The summed E-state index contributed by atoms with van der Waals surface area (Å²) in [7, 11) is 0. The highest BCUT2D eigenvalue weighted by Gasteiger charge is 2.35. The van der Waals surface area contributed by atoms with Gasteiger partial charge in [-0.05, 0) is 31.7 Å². The van der Waals surface area contributed by atoms with Gasteiger partial charge in [0.15, 0.2) is 12.1 Å². The van der Waals surface area contributed by atoms with Gasteiger partial charge in [0.1, 0.15) is 0 Å². The number of hydrogen-bond donors (Lipinski definition) is 1. The Hall–Kier alpha value is -1.23. The topological polar surface area (TPSA) is 47.6 Å². The SMILES string of the molecule is O=C(c1cccc(C2OCCO2)c1)C1CC2CCCC(C1)N2. The predicted molar refractivity (Wildman–Crippen MR) is 82.7 cm³/mol. The van der Waals surface area contributed by atoms with E-state index >= 15 is 0 Å². The van der Waals surface area contributed by atoms with Gasteiger partial charge in [0.2, 0.25) is 0 Å². The molecule has 1 N–H and O–H groups in total. The molecule has 1 aromatic carbocycles. The lowest BCUT2D eigenvalue weighted by Crippen LogP contribution is -2.50. The summed E-state index contributed by atoms with van der Waals surface area (Å²) >= 11 is 0. The average molecular weight is 301 g/mol. The standard InChI is InChI=1S/C18H23NO3/c20-17(14-10-15-5-2-6-16(11-14)19-15)12-3-1-4-13(9-12)18-21-7-8-22-18/h1,3-4,9,14-16,18-19H,2,5-8,10-11H2. The summed E-state index contributed by atoms with van der Waals surface area (Å²) in [4.78, 5) is 12.9. The molecule has 0 saturated carbocycles. The van der Waals surface area contributed by atoms with Crippen molar-refractivity contribution in [3.63, 3.8) is 0 Å². The van der Waals surface area contributed by atoms with Crippen LogP contribution in [0.4, 0.5) is 0 Å². The van der Waals surface area contributed by atoms with Crippen molar-refractivity contribution >= 4 is 5.78 Å². The fourth-order valence-electron chi connectivity index (χ4n) is 4.10. The molecule has 3 fully saturated rings. The van der Waals surface area contributed by atoms with E-state index in [-0.39, 0.29) is 12.2 Å². The maximum Gasteiger partial charge on any atom is 0.184 e. The van der Waals surface area contributed by atoms with Crippen LogP contribution in [0.5, 0.6) is 0 Å². The largest absolute Gasteiger partial charge is 0.346 e. The average Bonchev–Trinajstić information content (AvgIpc) is 3.08. The number of hydrogen-bond acceptors (Lipinski definition) is 4. The number of carbonyl (C=O) groups excluding carboxylic acids is 1. The van der Waals surface area contributed by atoms with Gasteiger partial charge in [0.05, 0.1) is 13.2 Å². The van der Waals surface area contributed by atoms with Crippen molar-refractivity contribution in [2.75, 3.05) is 13.2 Å². The van der Waals surface area contributed by atoms with Crippen LogP contribution in [-0.2, 0) is 9.47 Å². The van der Waals surface area contributed by atoms with E-state index in [1.165, 1.54) is 19.3 Å². The van der Waals surface area contributed by atoms with E-state index < -0.39 is 0 Å². The molecule has 1 aromatic rings. The van der Waals surface area contributed by atoms with Gasteiger partial charge in [-0.15, -0.1) is 0 Å². The fourth-order valence-corrected chi connectivity index (χ4v) is 4.10. The van der Waals surface area contributed by atoms with E-state index in [4.69, 9.17) is 9.47 Å². The first-order chi connectivity index (χ1) is 10.8. The van der Waals surface area contributed by atoms with Crippen LogP contribution in [0.25, 0.3) is 0 Å². The van der Waals surface area contributed by atoms with Gasteiger partial charge in [0.25, 0.3) is 0 Å². The van der Waals surface area contributed by atoms with E-state index in [0.717, 1.165) is 24.0 Å². The van der Waals surface area contributed by atoms with E-state index in [1.54, 1.807) is 0 Å². The smallest absolute Gasteiger partial charge is 0.184 e. The normalized spacial score (nSPS) is 32.1. The number of carbonyl (C=O) groups is 1. The van der Waals surface area contributed by atoms with Crippen LogP contribution >= 0.6 is 0 Å². The number of ketones is 1. The minimum atomic E-state index is -0.305. The first kappa shape index (κ1) is 14.4. The minimum absolute atomic E-state index is 0.164. The van der Waals surface area contributed by atoms with Crippen LogP contribution in [0.15, 0.2) is 24.3 Å². The second kappa shape index (κ2) is 6.11. The molecule has 4 heteroatoms. The second-order valence-electron chi connectivity index (χ2n) is 6.72. The Kier molecular flexibility index (Phi) is 3.99. The van der Waals surface area contributed by atoms with Crippen molar-refractivity contribution in [2.24, 2.45) is 5.92 Å². The lowest BCUT2D eigenvalue weighted by molar-refractivity contribution is -0.0441. The van der Waals surface area contributed by atoms with Crippen LogP contribution in [-0.4, -0.2) is 31.1 Å². The molecule has 0 amide bonds. The minimum Gasteiger partial charge on any atom is -0.346 e. The number of piperidine rings is 2. The second-order valence-corrected chi connectivity index (χ2v) is 6.72.